The van der Waals surface area contributed by atoms with Gasteiger partial charge >= 0.3 is 6.36 Å². The lowest BCUT2D eigenvalue weighted by Gasteiger charge is -2.15. The van der Waals surface area contributed by atoms with E-state index < -0.39 is 18.0 Å². The van der Waals surface area contributed by atoms with Gasteiger partial charge in [0, 0.05) is 55.5 Å². The van der Waals surface area contributed by atoms with Crippen LogP contribution in [0.3, 0.4) is 0 Å². The van der Waals surface area contributed by atoms with Crippen LogP contribution in [0.4, 0.5) is 13.2 Å². The standard InChI is InChI=1S/C28H26F3N7O3/c1-32-26(39)16-10-11-18(22(12-16)41-28(29,30)31)25-33-23(24(37(25)3)15-8-9-15)17-6-5-7-20-19(17)13-38(34-20)21-14-36(2)35-27(21)40-4/h5-7,10-15H,8-9H2,1-4H3,(H,32,39). The molecule has 5 aromatic rings. The van der Waals surface area contributed by atoms with Crippen molar-refractivity contribution in [3.05, 3.63) is 60.0 Å². The zero-order valence-electron chi connectivity index (χ0n) is 22.7. The number of aryl methyl sites for hydroxylation is 1. The van der Waals surface area contributed by atoms with Crippen molar-refractivity contribution in [1.29, 1.82) is 0 Å². The molecule has 13 heteroatoms. The Morgan fingerprint density at radius 3 is 2.54 bits per heavy atom. The van der Waals surface area contributed by atoms with Crippen LogP contribution in [-0.4, -0.2) is 55.5 Å². The maximum Gasteiger partial charge on any atom is 0.573 e. The highest BCUT2D eigenvalue weighted by Gasteiger charge is 2.36. The monoisotopic (exact) mass is 565 g/mol. The molecule has 212 valence electrons. The summed E-state index contributed by atoms with van der Waals surface area (Å²) in [7, 11) is 6.51. The van der Waals surface area contributed by atoms with E-state index in [1.807, 2.05) is 29.0 Å². The molecule has 0 atom stereocenters. The summed E-state index contributed by atoms with van der Waals surface area (Å²) in [5, 5.41) is 12.3. The number of amides is 1. The van der Waals surface area contributed by atoms with Crippen molar-refractivity contribution in [2.45, 2.75) is 25.1 Å². The number of hydrogen-bond acceptors (Lipinski definition) is 6. The third kappa shape index (κ3) is 4.77. The fraction of sp³-hybridized carbons (Fsp3) is 0.286. The minimum absolute atomic E-state index is 0.0374. The van der Waals surface area contributed by atoms with Crippen molar-refractivity contribution >= 4 is 16.8 Å². The van der Waals surface area contributed by atoms with Gasteiger partial charge in [-0.05, 0) is 37.1 Å². The number of halogens is 3. The molecule has 0 aliphatic heterocycles. The van der Waals surface area contributed by atoms with E-state index in [2.05, 4.69) is 15.2 Å². The Morgan fingerprint density at radius 2 is 1.85 bits per heavy atom. The second kappa shape index (κ2) is 9.68. The van der Waals surface area contributed by atoms with Gasteiger partial charge in [0.15, 0.2) is 0 Å². The number of benzene rings is 2. The van der Waals surface area contributed by atoms with E-state index >= 15 is 0 Å². The van der Waals surface area contributed by atoms with Gasteiger partial charge in [0.1, 0.15) is 17.3 Å². The number of fused-ring (bicyclic) bond motifs is 1. The first-order chi connectivity index (χ1) is 19.6. The number of methoxy groups -OCH3 is 1. The number of carbonyl (C=O) groups excluding carboxylic acids is 1. The average molecular weight is 566 g/mol. The Morgan fingerprint density at radius 1 is 1.07 bits per heavy atom. The highest BCUT2D eigenvalue weighted by Crippen LogP contribution is 2.47. The van der Waals surface area contributed by atoms with Gasteiger partial charge in [-0.1, -0.05) is 12.1 Å². The summed E-state index contributed by atoms with van der Waals surface area (Å²) >= 11 is 0. The maximum atomic E-state index is 13.4. The first-order valence-electron chi connectivity index (χ1n) is 12.8. The van der Waals surface area contributed by atoms with Crippen LogP contribution in [0.25, 0.3) is 39.2 Å². The first kappa shape index (κ1) is 26.4. The van der Waals surface area contributed by atoms with E-state index in [1.165, 1.54) is 26.3 Å². The maximum absolute atomic E-state index is 13.4. The van der Waals surface area contributed by atoms with Gasteiger partial charge < -0.3 is 19.4 Å². The fourth-order valence-electron chi connectivity index (χ4n) is 5.11. The minimum Gasteiger partial charge on any atom is -0.478 e. The predicted molar refractivity (Wildman–Crippen MR) is 144 cm³/mol. The Bertz CT molecular complexity index is 1800. The quantitative estimate of drug-likeness (QED) is 0.299. The first-order valence-corrected chi connectivity index (χ1v) is 12.8. The minimum atomic E-state index is -4.96. The van der Waals surface area contributed by atoms with Crippen molar-refractivity contribution in [3.8, 4) is 40.0 Å². The molecule has 0 radical (unpaired) electrons. The molecule has 1 N–H and O–H groups in total. The Hall–Kier alpha value is -4.81. The number of alkyl halides is 3. The van der Waals surface area contributed by atoms with Crippen LogP contribution in [0.15, 0.2) is 48.8 Å². The number of hydrogen-bond donors (Lipinski definition) is 1. The Balaban J connectivity index is 1.53. The number of aromatic nitrogens is 6. The normalized spacial score (nSPS) is 13.5. The largest absolute Gasteiger partial charge is 0.573 e. The van der Waals surface area contributed by atoms with Crippen LogP contribution < -0.4 is 14.8 Å². The molecule has 41 heavy (non-hydrogen) atoms. The summed E-state index contributed by atoms with van der Waals surface area (Å²) in [5.41, 5.74) is 3.88. The van der Waals surface area contributed by atoms with Crippen LogP contribution in [-0.2, 0) is 14.1 Å². The summed E-state index contributed by atoms with van der Waals surface area (Å²) in [5.74, 6) is -0.120. The second-order valence-electron chi connectivity index (χ2n) is 9.85. The molecule has 1 aliphatic rings. The Labute approximate surface area is 232 Å². The molecule has 3 heterocycles. The molecule has 1 amide bonds. The van der Waals surface area contributed by atoms with E-state index in [-0.39, 0.29) is 17.0 Å². The highest BCUT2D eigenvalue weighted by atomic mass is 19.4. The number of ether oxygens (including phenoxy) is 2. The molecule has 1 saturated carbocycles. The molecule has 0 spiro atoms. The van der Waals surface area contributed by atoms with E-state index in [1.54, 1.807) is 29.7 Å². The van der Waals surface area contributed by atoms with Gasteiger partial charge in [0.2, 0.25) is 0 Å². The summed E-state index contributed by atoms with van der Waals surface area (Å²) in [6, 6.07) is 9.65. The van der Waals surface area contributed by atoms with Crippen molar-refractivity contribution < 1.29 is 27.4 Å². The fourth-order valence-corrected chi connectivity index (χ4v) is 5.11. The lowest BCUT2D eigenvalue weighted by Crippen LogP contribution is -2.20. The number of nitrogens with one attached hydrogen (secondary N) is 1. The van der Waals surface area contributed by atoms with Crippen LogP contribution >= 0.6 is 0 Å². The number of nitrogens with zero attached hydrogens (tertiary/aromatic N) is 6. The average Bonchev–Trinajstić information content (AvgIpc) is 3.40. The topological polar surface area (TPSA) is 101 Å². The summed E-state index contributed by atoms with van der Waals surface area (Å²) < 4.78 is 55.3. The molecule has 1 aliphatic carbocycles. The van der Waals surface area contributed by atoms with Gasteiger partial charge in [-0.3, -0.25) is 9.48 Å². The molecular weight excluding hydrogens is 539 g/mol. The van der Waals surface area contributed by atoms with Gasteiger partial charge in [-0.15, -0.1) is 18.3 Å². The lowest BCUT2D eigenvalue weighted by atomic mass is 10.0. The van der Waals surface area contributed by atoms with Crippen molar-refractivity contribution in [3.63, 3.8) is 0 Å². The smallest absolute Gasteiger partial charge is 0.478 e. The summed E-state index contributed by atoms with van der Waals surface area (Å²) in [6.07, 6.45) is 0.581. The van der Waals surface area contributed by atoms with E-state index in [4.69, 9.17) is 14.8 Å². The predicted octanol–water partition coefficient (Wildman–Crippen LogP) is 4.97. The van der Waals surface area contributed by atoms with Crippen molar-refractivity contribution in [2.24, 2.45) is 14.1 Å². The van der Waals surface area contributed by atoms with E-state index in [0.29, 0.717) is 28.6 Å². The van der Waals surface area contributed by atoms with E-state index in [9.17, 15) is 18.0 Å². The SMILES string of the molecule is CNC(=O)c1ccc(-c2nc(-c3cccc4nn(-c5cn(C)nc5OC)cc34)c(C3CC3)n2C)c(OC(F)(F)F)c1. The van der Waals surface area contributed by atoms with E-state index in [0.717, 1.165) is 35.6 Å². The number of rotatable bonds is 7. The second-order valence-corrected chi connectivity index (χ2v) is 9.85. The van der Waals surface area contributed by atoms with Gasteiger partial charge in [-0.25, -0.2) is 9.67 Å². The van der Waals surface area contributed by atoms with Crippen molar-refractivity contribution in [2.75, 3.05) is 14.2 Å². The van der Waals surface area contributed by atoms with Crippen LogP contribution in [0.1, 0.15) is 34.8 Å². The zero-order valence-corrected chi connectivity index (χ0v) is 22.7. The molecule has 10 nitrogen and oxygen atoms in total. The van der Waals surface area contributed by atoms with Crippen LogP contribution in [0.5, 0.6) is 11.6 Å². The number of imidazole rings is 1. The Kier molecular flexibility index (Phi) is 6.24. The van der Waals surface area contributed by atoms with Gasteiger partial charge in [0.25, 0.3) is 11.8 Å². The zero-order chi connectivity index (χ0) is 29.1. The highest BCUT2D eigenvalue weighted by molar-refractivity contribution is 5.96. The molecule has 6 rings (SSSR count). The molecule has 1 fully saturated rings. The summed E-state index contributed by atoms with van der Waals surface area (Å²) in [6.45, 7) is 0. The molecule has 0 saturated heterocycles. The van der Waals surface area contributed by atoms with Crippen LogP contribution in [0, 0.1) is 0 Å². The van der Waals surface area contributed by atoms with Crippen LogP contribution in [0.2, 0.25) is 0 Å². The third-order valence-corrected chi connectivity index (χ3v) is 7.06. The molecular formula is C28H26F3N7O3. The third-order valence-electron chi connectivity index (χ3n) is 7.06. The summed E-state index contributed by atoms with van der Waals surface area (Å²) in [4.78, 5) is 17.1. The van der Waals surface area contributed by atoms with Gasteiger partial charge in [0.05, 0.1) is 30.1 Å². The van der Waals surface area contributed by atoms with Gasteiger partial charge in [-0.2, -0.15) is 5.10 Å². The lowest BCUT2D eigenvalue weighted by molar-refractivity contribution is -0.274. The molecule has 0 bridgehead atoms. The molecule has 0 unspecified atom stereocenters. The molecule has 3 aromatic heterocycles. The molecule has 2 aromatic carbocycles. The van der Waals surface area contributed by atoms with Crippen molar-refractivity contribution in [1.82, 2.24) is 34.4 Å². The number of carbonyl (C=O) groups is 1.